The van der Waals surface area contributed by atoms with Crippen molar-refractivity contribution in [1.29, 1.82) is 0 Å². The average molecular weight is 696 g/mol. The highest BCUT2D eigenvalue weighted by molar-refractivity contribution is 5.94. The van der Waals surface area contributed by atoms with Crippen LogP contribution in [0.15, 0.2) is 78.9 Å². The number of aliphatic hydroxyl groups excluding tert-OH is 1. The Kier molecular flexibility index (Phi) is 8.89. The minimum atomic E-state index is -1.38. The first kappa shape index (κ1) is 33.5. The zero-order valence-corrected chi connectivity index (χ0v) is 28.0. The Morgan fingerprint density at radius 1 is 0.902 bits per heavy atom. The van der Waals surface area contributed by atoms with E-state index < -0.39 is 53.5 Å². The topological polar surface area (TPSA) is 156 Å². The third-order valence-corrected chi connectivity index (χ3v) is 10.8. The van der Waals surface area contributed by atoms with Gasteiger partial charge in [-0.1, -0.05) is 78.9 Å². The Labute approximate surface area is 295 Å². The van der Waals surface area contributed by atoms with Crippen molar-refractivity contribution in [2.75, 3.05) is 19.7 Å². The number of hydroxylamine groups is 2. The lowest BCUT2D eigenvalue weighted by atomic mass is 9.62. The summed E-state index contributed by atoms with van der Waals surface area (Å²) in [5.41, 5.74) is 3.43. The molecule has 12 nitrogen and oxygen atoms in total. The van der Waals surface area contributed by atoms with Crippen LogP contribution in [0.3, 0.4) is 0 Å². The molecular weight excluding hydrogens is 654 g/mol. The molecule has 3 heterocycles. The van der Waals surface area contributed by atoms with Crippen LogP contribution in [0.5, 0.6) is 5.75 Å². The van der Waals surface area contributed by atoms with Crippen LogP contribution in [-0.2, 0) is 59.2 Å². The number of allylic oxidation sites excluding steroid dienone is 1. The Bertz CT molecular complexity index is 1840. The van der Waals surface area contributed by atoms with E-state index in [0.717, 1.165) is 27.8 Å². The molecule has 2 bridgehead atoms. The molecule has 2 amide bonds. The standard InChI is InChI=1S/C39H41N3O9/c43-19-18-40-31(45)16-17-41-37(47)39-22-30-32-33(50-38(49-32)20-26-10-2-3-11-27(26)21-38)35(39)51-42(34(39)36(46)48-30)23-28-12-4-1-8-24(28)13-7-14-25-9-5-6-15-29(25)44/h1-13,15,30,32-35,43-44H,14,16-23H2,(H,40,45)(H,41,47)/t30-,32+,33+,34+,35-,39+/m1/s1. The number of rotatable bonds is 11. The number of amides is 2. The van der Waals surface area contributed by atoms with Crippen molar-refractivity contribution in [3.8, 4) is 5.75 Å². The van der Waals surface area contributed by atoms with Gasteiger partial charge in [0, 0.05) is 38.8 Å². The molecule has 1 spiro atoms. The molecule has 0 radical (unpaired) electrons. The zero-order chi connectivity index (χ0) is 35.2. The first-order valence-electron chi connectivity index (χ1n) is 17.5. The Morgan fingerprint density at radius 2 is 1.61 bits per heavy atom. The average Bonchev–Trinajstić information content (AvgIpc) is 3.80. The summed E-state index contributed by atoms with van der Waals surface area (Å²) >= 11 is 0. The van der Waals surface area contributed by atoms with Crippen molar-refractivity contribution < 1.29 is 43.6 Å². The van der Waals surface area contributed by atoms with Gasteiger partial charge >= 0.3 is 5.97 Å². The number of phenolic OH excluding ortho intramolecular Hbond substituents is 1. The van der Waals surface area contributed by atoms with Gasteiger partial charge in [-0.3, -0.25) is 19.2 Å². The highest BCUT2D eigenvalue weighted by Crippen LogP contribution is 2.58. The maximum Gasteiger partial charge on any atom is 0.327 e. The van der Waals surface area contributed by atoms with E-state index in [2.05, 4.69) is 22.8 Å². The molecule has 0 aromatic heterocycles. The van der Waals surface area contributed by atoms with E-state index in [0.29, 0.717) is 19.3 Å². The van der Waals surface area contributed by atoms with Crippen molar-refractivity contribution in [2.45, 2.75) is 74.9 Å². The van der Waals surface area contributed by atoms with E-state index in [1.54, 1.807) is 17.2 Å². The summed E-state index contributed by atoms with van der Waals surface area (Å²) in [6.45, 7) is 0.139. The predicted molar refractivity (Wildman–Crippen MR) is 182 cm³/mol. The lowest BCUT2D eigenvalue weighted by molar-refractivity contribution is -0.217. The molecule has 4 fully saturated rings. The van der Waals surface area contributed by atoms with Gasteiger partial charge in [0.1, 0.15) is 35.6 Å². The third-order valence-electron chi connectivity index (χ3n) is 10.8. The monoisotopic (exact) mass is 695 g/mol. The molecule has 1 saturated carbocycles. The number of carbonyl (C=O) groups is 3. The van der Waals surface area contributed by atoms with Crippen LogP contribution in [0.25, 0.3) is 6.08 Å². The Hall–Kier alpha value is -4.59. The number of aliphatic hydroxyl groups is 1. The van der Waals surface area contributed by atoms with E-state index in [9.17, 15) is 19.5 Å². The summed E-state index contributed by atoms with van der Waals surface area (Å²) in [4.78, 5) is 47.5. The van der Waals surface area contributed by atoms with Crippen LogP contribution >= 0.6 is 0 Å². The molecule has 3 aromatic rings. The quantitative estimate of drug-likeness (QED) is 0.220. The van der Waals surface area contributed by atoms with Crippen LogP contribution in [0.1, 0.15) is 40.7 Å². The van der Waals surface area contributed by atoms with Gasteiger partial charge in [0.25, 0.3) is 0 Å². The van der Waals surface area contributed by atoms with Crippen LogP contribution in [0, 0.1) is 5.41 Å². The lowest BCUT2D eigenvalue weighted by Crippen LogP contribution is -2.69. The van der Waals surface area contributed by atoms with Crippen LogP contribution in [-0.4, -0.2) is 89.0 Å². The third kappa shape index (κ3) is 6.00. The van der Waals surface area contributed by atoms with Gasteiger partial charge in [0.05, 0.1) is 13.2 Å². The number of phenols is 1. The maximum absolute atomic E-state index is 14.5. The van der Waals surface area contributed by atoms with E-state index >= 15 is 0 Å². The highest BCUT2D eigenvalue weighted by atomic mass is 16.8. The summed E-state index contributed by atoms with van der Waals surface area (Å²) in [5.74, 6) is -2.04. The molecule has 8 rings (SSSR count). The zero-order valence-electron chi connectivity index (χ0n) is 28.0. The minimum Gasteiger partial charge on any atom is -0.508 e. The predicted octanol–water partition coefficient (Wildman–Crippen LogP) is 2.34. The van der Waals surface area contributed by atoms with Crippen LogP contribution in [0.4, 0.5) is 0 Å². The van der Waals surface area contributed by atoms with E-state index in [1.165, 1.54) is 0 Å². The SMILES string of the molecule is O=C(CCNC(=O)[C@@]12C[C@H]3OC(=O)[C@@H]1N(Cc1ccccc1C=CCc1ccccc1O)O[C@@H]2[C@H]1OC2(Cc4ccccc4C2)O[C@H]13)NCCO. The number of nitrogens with zero attached hydrogens (tertiary/aromatic N) is 1. The first-order chi connectivity index (χ1) is 24.8. The molecule has 3 saturated heterocycles. The second-order valence-corrected chi connectivity index (χ2v) is 13.9. The molecule has 0 unspecified atom stereocenters. The summed E-state index contributed by atoms with van der Waals surface area (Å²) < 4.78 is 19.6. The lowest BCUT2D eigenvalue weighted by Gasteiger charge is -2.48. The minimum absolute atomic E-state index is 0.00308. The molecule has 3 aliphatic heterocycles. The molecule has 2 aliphatic carbocycles. The fourth-order valence-corrected chi connectivity index (χ4v) is 8.50. The second-order valence-electron chi connectivity index (χ2n) is 13.9. The summed E-state index contributed by atoms with van der Waals surface area (Å²) in [7, 11) is 0. The number of para-hydroxylation sites is 1. The van der Waals surface area contributed by atoms with Crippen molar-refractivity contribution in [3.63, 3.8) is 0 Å². The first-order valence-corrected chi connectivity index (χ1v) is 17.5. The van der Waals surface area contributed by atoms with Gasteiger partial charge in [-0.05, 0) is 40.3 Å². The molecule has 5 aliphatic rings. The highest BCUT2D eigenvalue weighted by Gasteiger charge is 2.76. The maximum atomic E-state index is 14.5. The van der Waals surface area contributed by atoms with Gasteiger partial charge in [-0.25, -0.2) is 0 Å². The number of aromatic hydroxyl groups is 1. The number of carbonyl (C=O) groups excluding carboxylic acids is 3. The van der Waals surface area contributed by atoms with Crippen LogP contribution < -0.4 is 10.6 Å². The van der Waals surface area contributed by atoms with Crippen molar-refractivity contribution in [1.82, 2.24) is 15.7 Å². The van der Waals surface area contributed by atoms with Gasteiger partial charge in [-0.2, -0.15) is 5.06 Å². The van der Waals surface area contributed by atoms with Gasteiger partial charge in [0.2, 0.25) is 11.8 Å². The fourth-order valence-electron chi connectivity index (χ4n) is 8.50. The van der Waals surface area contributed by atoms with Gasteiger partial charge in [-0.15, -0.1) is 0 Å². The molecule has 6 atom stereocenters. The smallest absolute Gasteiger partial charge is 0.327 e. The van der Waals surface area contributed by atoms with Gasteiger partial charge < -0.3 is 35.1 Å². The number of hydrogen-bond donors (Lipinski definition) is 4. The van der Waals surface area contributed by atoms with Crippen molar-refractivity contribution in [2.24, 2.45) is 5.41 Å². The number of hydrogen-bond acceptors (Lipinski definition) is 10. The molecule has 266 valence electrons. The molecule has 3 aromatic carbocycles. The van der Waals surface area contributed by atoms with Crippen LogP contribution in [0.2, 0.25) is 0 Å². The van der Waals surface area contributed by atoms with E-state index in [4.69, 9.17) is 24.2 Å². The van der Waals surface area contributed by atoms with E-state index in [1.807, 2.05) is 60.7 Å². The van der Waals surface area contributed by atoms with Gasteiger partial charge in [0.15, 0.2) is 11.8 Å². The molecular formula is C39H41N3O9. The molecule has 12 heteroatoms. The Balaban J connectivity index is 1.09. The number of esters is 1. The van der Waals surface area contributed by atoms with Crippen molar-refractivity contribution >= 4 is 23.9 Å². The normalized spacial score (nSPS) is 28.4. The number of nitrogens with one attached hydrogen (secondary N) is 2. The summed E-state index contributed by atoms with van der Waals surface area (Å²) in [5, 5.41) is 26.4. The van der Waals surface area contributed by atoms with Crippen molar-refractivity contribution in [3.05, 3.63) is 107 Å². The summed E-state index contributed by atoms with van der Waals surface area (Å²) in [6.07, 6.45) is 2.75. The molecule has 51 heavy (non-hydrogen) atoms. The fraction of sp³-hybridized carbons (Fsp3) is 0.410. The van der Waals surface area contributed by atoms with E-state index in [-0.39, 0.29) is 50.7 Å². The number of ether oxygens (including phenoxy) is 3. The number of benzene rings is 3. The second kappa shape index (κ2) is 13.5. The number of fused-ring (bicyclic) bond motifs is 5. The molecule has 4 N–H and O–H groups in total. The largest absolute Gasteiger partial charge is 0.508 e. The summed E-state index contributed by atoms with van der Waals surface area (Å²) in [6, 6.07) is 21.9. The Morgan fingerprint density at radius 3 is 2.37 bits per heavy atom.